The maximum atomic E-state index is 11.8. The molecule has 1 amide bonds. The van der Waals surface area contributed by atoms with Gasteiger partial charge < -0.3 is 15.4 Å². The van der Waals surface area contributed by atoms with Gasteiger partial charge in [-0.15, -0.1) is 0 Å². The third-order valence-electron chi connectivity index (χ3n) is 2.19. The second-order valence-corrected chi connectivity index (χ2v) is 5.74. The van der Waals surface area contributed by atoms with Crippen molar-refractivity contribution in [3.05, 3.63) is 44.7 Å². The molecule has 9 heteroatoms. The Hall–Kier alpha value is -1.70. The van der Waals surface area contributed by atoms with Crippen LogP contribution in [0, 0.1) is 0 Å². The number of aromatic nitrogens is 2. The summed E-state index contributed by atoms with van der Waals surface area (Å²) in [6, 6.07) is 5.61. The summed E-state index contributed by atoms with van der Waals surface area (Å²) in [5, 5.41) is 12.8. The van der Waals surface area contributed by atoms with Gasteiger partial charge in [-0.2, -0.15) is 4.98 Å². The molecule has 110 valence electrons. The molecule has 0 saturated heterocycles. The Morgan fingerprint density at radius 3 is 2.57 bits per heavy atom. The van der Waals surface area contributed by atoms with Gasteiger partial charge >= 0.3 is 0 Å². The van der Waals surface area contributed by atoms with Gasteiger partial charge in [-0.3, -0.25) is 9.59 Å². The Balaban J connectivity index is 1.97. The fourth-order valence-electron chi connectivity index (χ4n) is 1.45. The van der Waals surface area contributed by atoms with Crippen LogP contribution in [-0.4, -0.2) is 26.7 Å². The minimum Gasteiger partial charge on any atom is -0.493 e. The molecule has 0 fully saturated rings. The number of hydrogen-bond acceptors (Lipinski definition) is 5. The minimum absolute atomic E-state index is 0.00345. The number of nitrogens with zero attached hydrogens (tertiary/aromatic N) is 1. The van der Waals surface area contributed by atoms with E-state index in [9.17, 15) is 14.7 Å². The van der Waals surface area contributed by atoms with Crippen LogP contribution < -0.4 is 10.9 Å². The molecule has 6 nitrogen and oxygen atoms in total. The van der Waals surface area contributed by atoms with Crippen LogP contribution in [0.2, 0.25) is 10.0 Å². The predicted molar refractivity (Wildman–Crippen MR) is 82.3 cm³/mol. The van der Waals surface area contributed by atoms with E-state index >= 15 is 0 Å². The molecule has 0 bridgehead atoms. The highest BCUT2D eigenvalue weighted by Crippen LogP contribution is 2.23. The first-order chi connectivity index (χ1) is 9.92. The van der Waals surface area contributed by atoms with E-state index in [0.29, 0.717) is 15.7 Å². The van der Waals surface area contributed by atoms with Crippen LogP contribution in [0.1, 0.15) is 0 Å². The van der Waals surface area contributed by atoms with Gasteiger partial charge in [0.1, 0.15) is 0 Å². The molecule has 0 aliphatic rings. The van der Waals surface area contributed by atoms with Crippen LogP contribution in [0.5, 0.6) is 5.88 Å². The lowest BCUT2D eigenvalue weighted by Crippen LogP contribution is -2.15. The highest BCUT2D eigenvalue weighted by atomic mass is 35.5. The Morgan fingerprint density at radius 2 is 1.95 bits per heavy atom. The standard InChI is InChI=1S/C12H9Cl2N3O3S/c13-6-1-7(14)3-8(2-6)15-11(20)5-21-12-16-9(18)4-10(19)17-12/h1-4H,5H2,(H,15,20)(H2,16,17,18,19). The second-order valence-electron chi connectivity index (χ2n) is 3.90. The van der Waals surface area contributed by atoms with E-state index < -0.39 is 11.4 Å². The van der Waals surface area contributed by atoms with Crippen molar-refractivity contribution >= 4 is 46.6 Å². The van der Waals surface area contributed by atoms with E-state index in [4.69, 9.17) is 23.2 Å². The third kappa shape index (κ3) is 4.96. The summed E-state index contributed by atoms with van der Waals surface area (Å²) in [6.07, 6.45) is 0. The molecule has 0 spiro atoms. The van der Waals surface area contributed by atoms with E-state index in [2.05, 4.69) is 15.3 Å². The molecule has 21 heavy (non-hydrogen) atoms. The van der Waals surface area contributed by atoms with E-state index in [1.165, 1.54) is 0 Å². The van der Waals surface area contributed by atoms with Gasteiger partial charge in [0.15, 0.2) is 5.16 Å². The molecule has 1 aromatic carbocycles. The molecule has 0 aliphatic heterocycles. The Kier molecular flexibility index (Phi) is 5.11. The number of benzene rings is 1. The van der Waals surface area contributed by atoms with Crippen LogP contribution in [-0.2, 0) is 4.79 Å². The van der Waals surface area contributed by atoms with Crippen LogP contribution >= 0.6 is 35.0 Å². The molecule has 3 N–H and O–H groups in total. The summed E-state index contributed by atoms with van der Waals surface area (Å²) in [5.41, 5.74) is -0.0255. The highest BCUT2D eigenvalue weighted by Gasteiger charge is 2.07. The van der Waals surface area contributed by atoms with Crippen LogP contribution in [0.4, 0.5) is 5.69 Å². The van der Waals surface area contributed by atoms with E-state index in [1.807, 2.05) is 0 Å². The molecule has 2 rings (SSSR count). The zero-order valence-electron chi connectivity index (χ0n) is 10.4. The quantitative estimate of drug-likeness (QED) is 0.584. The third-order valence-corrected chi connectivity index (χ3v) is 3.50. The molecule has 1 aromatic heterocycles. The van der Waals surface area contributed by atoms with Gasteiger partial charge in [0.25, 0.3) is 5.56 Å². The summed E-state index contributed by atoms with van der Waals surface area (Å²) in [5.74, 6) is -0.733. The van der Waals surface area contributed by atoms with Gasteiger partial charge in [-0.25, -0.2) is 0 Å². The zero-order valence-corrected chi connectivity index (χ0v) is 12.7. The number of aromatic hydroxyl groups is 1. The summed E-state index contributed by atoms with van der Waals surface area (Å²) in [7, 11) is 0. The summed E-state index contributed by atoms with van der Waals surface area (Å²) < 4.78 is 0. The van der Waals surface area contributed by atoms with Crippen LogP contribution in [0.3, 0.4) is 0 Å². The number of carbonyl (C=O) groups is 1. The zero-order chi connectivity index (χ0) is 15.4. The molecule has 0 radical (unpaired) electrons. The Labute approximate surface area is 133 Å². The number of hydrogen-bond donors (Lipinski definition) is 3. The van der Waals surface area contributed by atoms with Gasteiger partial charge in [0.05, 0.1) is 11.8 Å². The number of H-pyrrole nitrogens is 1. The van der Waals surface area contributed by atoms with E-state index in [0.717, 1.165) is 17.8 Å². The lowest BCUT2D eigenvalue weighted by molar-refractivity contribution is -0.113. The van der Waals surface area contributed by atoms with Crippen molar-refractivity contribution in [3.8, 4) is 5.88 Å². The average Bonchev–Trinajstić information content (AvgIpc) is 2.34. The number of halogens is 2. The number of carbonyl (C=O) groups excluding carboxylic acids is 1. The summed E-state index contributed by atoms with van der Waals surface area (Å²) >= 11 is 12.6. The number of nitrogens with one attached hydrogen (secondary N) is 2. The minimum atomic E-state index is -0.493. The van der Waals surface area contributed by atoms with Gasteiger partial charge in [-0.1, -0.05) is 35.0 Å². The smallest absolute Gasteiger partial charge is 0.255 e. The molecule has 0 unspecified atom stereocenters. The highest BCUT2D eigenvalue weighted by molar-refractivity contribution is 7.99. The SMILES string of the molecule is O=C(CSc1nc(O)cc(=O)[nH]1)Nc1cc(Cl)cc(Cl)c1. The number of thioether (sulfide) groups is 1. The average molecular weight is 346 g/mol. The Morgan fingerprint density at radius 1 is 1.29 bits per heavy atom. The second kappa shape index (κ2) is 6.84. The van der Waals surface area contributed by atoms with Gasteiger partial charge in [-0.05, 0) is 18.2 Å². The maximum Gasteiger partial charge on any atom is 0.255 e. The lowest BCUT2D eigenvalue weighted by Gasteiger charge is -2.06. The summed E-state index contributed by atoms with van der Waals surface area (Å²) in [6.45, 7) is 0. The number of aromatic amines is 1. The van der Waals surface area contributed by atoms with Crippen molar-refractivity contribution in [3.63, 3.8) is 0 Å². The molecule has 0 aliphatic carbocycles. The molecule has 0 atom stereocenters. The van der Waals surface area contributed by atoms with Crippen molar-refractivity contribution < 1.29 is 9.90 Å². The lowest BCUT2D eigenvalue weighted by atomic mass is 10.3. The Bertz CT molecular complexity index is 716. The normalized spacial score (nSPS) is 10.4. The first-order valence-electron chi connectivity index (χ1n) is 5.61. The fraction of sp³-hybridized carbons (Fsp3) is 0.0833. The van der Waals surface area contributed by atoms with Crippen LogP contribution in [0.15, 0.2) is 34.2 Å². The number of rotatable bonds is 4. The topological polar surface area (TPSA) is 95.1 Å². The van der Waals surface area contributed by atoms with Gasteiger partial charge in [0.2, 0.25) is 11.8 Å². The van der Waals surface area contributed by atoms with Crippen LogP contribution in [0.25, 0.3) is 0 Å². The molecular formula is C12H9Cl2N3O3S. The van der Waals surface area contributed by atoms with Crippen molar-refractivity contribution in [1.29, 1.82) is 0 Å². The molecule has 1 heterocycles. The summed E-state index contributed by atoms with van der Waals surface area (Å²) in [4.78, 5) is 29.0. The molecule has 0 saturated carbocycles. The first-order valence-corrected chi connectivity index (χ1v) is 7.35. The van der Waals surface area contributed by atoms with Crippen molar-refractivity contribution in [2.24, 2.45) is 0 Å². The molecular weight excluding hydrogens is 337 g/mol. The van der Waals surface area contributed by atoms with E-state index in [1.54, 1.807) is 18.2 Å². The van der Waals surface area contributed by atoms with E-state index in [-0.39, 0.29) is 16.8 Å². The fourth-order valence-corrected chi connectivity index (χ4v) is 2.65. The molecule has 2 aromatic rings. The number of anilines is 1. The maximum absolute atomic E-state index is 11.8. The largest absolute Gasteiger partial charge is 0.493 e. The van der Waals surface area contributed by atoms with Crippen molar-refractivity contribution in [2.75, 3.05) is 11.1 Å². The number of amides is 1. The first kappa shape index (κ1) is 15.7. The predicted octanol–water partition coefficient (Wildman–Crippen LogP) is 2.51. The monoisotopic (exact) mass is 345 g/mol. The van der Waals surface area contributed by atoms with Crippen molar-refractivity contribution in [1.82, 2.24) is 9.97 Å². The van der Waals surface area contributed by atoms with Gasteiger partial charge in [0, 0.05) is 15.7 Å². The van der Waals surface area contributed by atoms with Crippen molar-refractivity contribution in [2.45, 2.75) is 5.16 Å².